The molecule has 0 aromatic heterocycles. The van der Waals surface area contributed by atoms with Crippen LogP contribution < -0.4 is 10.1 Å². The third-order valence-electron chi connectivity index (χ3n) is 5.30. The van der Waals surface area contributed by atoms with Crippen molar-refractivity contribution in [3.8, 4) is 11.5 Å². The summed E-state index contributed by atoms with van der Waals surface area (Å²) in [5, 5.41) is 11.4. The fourth-order valence-electron chi connectivity index (χ4n) is 3.49. The fraction of sp³-hybridized carbons (Fsp3) is 0.231. The van der Waals surface area contributed by atoms with Crippen molar-refractivity contribution in [1.29, 1.82) is 0 Å². The number of amides is 1. The monoisotopic (exact) mass is 489 g/mol. The summed E-state index contributed by atoms with van der Waals surface area (Å²) in [6.07, 6.45) is -3.53. The van der Waals surface area contributed by atoms with Gasteiger partial charge >= 0.3 is 12.1 Å². The van der Waals surface area contributed by atoms with Crippen molar-refractivity contribution >= 4 is 11.9 Å². The highest BCUT2D eigenvalue weighted by molar-refractivity contribution is 5.94. The molecule has 0 saturated heterocycles. The Kier molecular flexibility index (Phi) is 8.11. The Morgan fingerprint density at radius 3 is 2.37 bits per heavy atom. The number of aryl methyl sites for hydroxylation is 2. The predicted molar refractivity (Wildman–Crippen MR) is 121 cm³/mol. The van der Waals surface area contributed by atoms with E-state index in [0.29, 0.717) is 42.0 Å². The van der Waals surface area contributed by atoms with Crippen LogP contribution in [0.2, 0.25) is 0 Å². The van der Waals surface area contributed by atoms with Crippen LogP contribution in [0, 0.1) is 5.82 Å². The average molecular weight is 489 g/mol. The van der Waals surface area contributed by atoms with Crippen molar-refractivity contribution in [3.63, 3.8) is 0 Å². The summed E-state index contributed by atoms with van der Waals surface area (Å²) < 4.78 is 58.0. The highest BCUT2D eigenvalue weighted by Gasteiger charge is 2.31. The van der Waals surface area contributed by atoms with Gasteiger partial charge in [0.25, 0.3) is 5.91 Å². The maximum atomic E-state index is 14.0. The van der Waals surface area contributed by atoms with Gasteiger partial charge in [0.2, 0.25) is 0 Å². The van der Waals surface area contributed by atoms with E-state index in [9.17, 15) is 27.2 Å². The molecular formula is C26H23F4NO4. The average Bonchev–Trinajstić information content (AvgIpc) is 2.81. The summed E-state index contributed by atoms with van der Waals surface area (Å²) in [6.45, 7) is 1.97. The van der Waals surface area contributed by atoms with Gasteiger partial charge in [0, 0.05) is 13.0 Å². The molecule has 0 unspecified atom stereocenters. The summed E-state index contributed by atoms with van der Waals surface area (Å²) in [6, 6.07) is 14.0. The SMILES string of the molecule is CCc1cc(Oc2cccc(CNC(=O)c3ccc(C(F)(F)F)cc3F)c2)ccc1CCC(=O)O. The molecule has 0 bridgehead atoms. The topological polar surface area (TPSA) is 75.6 Å². The number of alkyl halides is 3. The lowest BCUT2D eigenvalue weighted by Gasteiger charge is -2.12. The van der Waals surface area contributed by atoms with Crippen molar-refractivity contribution < 1.29 is 37.0 Å². The van der Waals surface area contributed by atoms with Gasteiger partial charge in [0.05, 0.1) is 11.1 Å². The maximum Gasteiger partial charge on any atom is 0.416 e. The second kappa shape index (κ2) is 11.0. The molecule has 3 aromatic rings. The largest absolute Gasteiger partial charge is 0.481 e. The quantitative estimate of drug-likeness (QED) is 0.354. The van der Waals surface area contributed by atoms with Crippen LogP contribution in [0.5, 0.6) is 11.5 Å². The molecule has 3 aromatic carbocycles. The van der Waals surface area contributed by atoms with E-state index in [2.05, 4.69) is 5.32 Å². The van der Waals surface area contributed by atoms with Crippen molar-refractivity contribution in [2.75, 3.05) is 0 Å². The molecule has 9 heteroatoms. The van der Waals surface area contributed by atoms with Crippen molar-refractivity contribution in [2.45, 2.75) is 38.9 Å². The Balaban J connectivity index is 1.65. The molecule has 0 aliphatic rings. The number of nitrogens with one attached hydrogen (secondary N) is 1. The molecule has 5 nitrogen and oxygen atoms in total. The minimum absolute atomic E-state index is 0.00479. The Morgan fingerprint density at radius 2 is 1.71 bits per heavy atom. The minimum atomic E-state index is -4.70. The standard InChI is InChI=1S/C26H23F4NO4/c1-2-17-13-21(9-6-18(17)7-11-24(32)33)35-20-5-3-4-16(12-20)15-31-25(34)22-10-8-19(14-23(22)27)26(28,29)30/h3-6,8-10,12-14H,2,7,11,15H2,1H3,(H,31,34)(H,32,33). The Labute approximate surface area is 199 Å². The second-order valence-electron chi connectivity index (χ2n) is 7.80. The van der Waals surface area contributed by atoms with Crippen molar-refractivity contribution in [1.82, 2.24) is 5.32 Å². The van der Waals surface area contributed by atoms with E-state index >= 15 is 0 Å². The molecule has 0 aliphatic carbocycles. The van der Waals surface area contributed by atoms with Crippen LogP contribution in [0.4, 0.5) is 17.6 Å². The van der Waals surface area contributed by atoms with Crippen LogP contribution >= 0.6 is 0 Å². The van der Waals surface area contributed by atoms with Gasteiger partial charge in [-0.05, 0) is 72.0 Å². The molecule has 35 heavy (non-hydrogen) atoms. The van der Waals surface area contributed by atoms with Crippen molar-refractivity contribution in [2.24, 2.45) is 0 Å². The van der Waals surface area contributed by atoms with E-state index in [1.165, 1.54) is 0 Å². The number of benzene rings is 3. The highest BCUT2D eigenvalue weighted by atomic mass is 19.4. The Hall–Kier alpha value is -3.88. The van der Waals surface area contributed by atoms with Gasteiger partial charge in [-0.15, -0.1) is 0 Å². The molecule has 0 heterocycles. The van der Waals surface area contributed by atoms with Gasteiger partial charge in [-0.2, -0.15) is 13.2 Å². The molecule has 0 spiro atoms. The van der Waals surface area contributed by atoms with Gasteiger partial charge in [-0.25, -0.2) is 4.39 Å². The Bertz CT molecular complexity index is 1220. The molecule has 3 rings (SSSR count). The van der Waals surface area contributed by atoms with Gasteiger partial charge in [-0.1, -0.05) is 25.1 Å². The number of carboxylic acids is 1. The number of aliphatic carboxylic acids is 1. The van der Waals surface area contributed by atoms with Crippen LogP contribution in [0.25, 0.3) is 0 Å². The van der Waals surface area contributed by atoms with Crippen LogP contribution in [-0.4, -0.2) is 17.0 Å². The fourth-order valence-corrected chi connectivity index (χ4v) is 3.49. The molecule has 184 valence electrons. The van der Waals surface area contributed by atoms with Crippen molar-refractivity contribution in [3.05, 3.63) is 94.3 Å². The number of rotatable bonds is 9. The summed E-state index contributed by atoms with van der Waals surface area (Å²) in [5.41, 5.74) is 0.898. The van der Waals surface area contributed by atoms with Gasteiger partial charge in [-0.3, -0.25) is 9.59 Å². The van der Waals surface area contributed by atoms with Crippen LogP contribution in [0.15, 0.2) is 60.7 Å². The highest BCUT2D eigenvalue weighted by Crippen LogP contribution is 2.30. The van der Waals surface area contributed by atoms with Crippen LogP contribution in [0.1, 0.15) is 46.0 Å². The molecule has 2 N–H and O–H groups in total. The summed E-state index contributed by atoms with van der Waals surface area (Å²) >= 11 is 0. The van der Waals surface area contributed by atoms with E-state index in [1.807, 2.05) is 19.1 Å². The first kappa shape index (κ1) is 25.7. The first-order valence-electron chi connectivity index (χ1n) is 10.8. The van der Waals surface area contributed by atoms with E-state index in [0.717, 1.165) is 17.2 Å². The van der Waals surface area contributed by atoms with Crippen LogP contribution in [0.3, 0.4) is 0 Å². The summed E-state index contributed by atoms with van der Waals surface area (Å²) in [4.78, 5) is 23.1. The zero-order valence-corrected chi connectivity index (χ0v) is 18.8. The van der Waals surface area contributed by atoms with Gasteiger partial charge in [0.15, 0.2) is 0 Å². The third-order valence-corrected chi connectivity index (χ3v) is 5.30. The number of hydrogen-bond acceptors (Lipinski definition) is 3. The van der Waals surface area contributed by atoms with E-state index < -0.39 is 35.0 Å². The zero-order chi connectivity index (χ0) is 25.6. The number of carbonyl (C=O) groups is 2. The third kappa shape index (κ3) is 7.05. The van der Waals surface area contributed by atoms with Crippen LogP contribution in [-0.2, 0) is 30.4 Å². The number of hydrogen-bond donors (Lipinski definition) is 2. The lowest BCUT2D eigenvalue weighted by Crippen LogP contribution is -2.24. The molecule has 1 amide bonds. The summed E-state index contributed by atoms with van der Waals surface area (Å²) in [5.74, 6) is -1.91. The minimum Gasteiger partial charge on any atom is -0.481 e. The zero-order valence-electron chi connectivity index (χ0n) is 18.8. The predicted octanol–water partition coefficient (Wildman–Crippen LogP) is 6.15. The smallest absolute Gasteiger partial charge is 0.416 e. The first-order chi connectivity index (χ1) is 16.6. The Morgan fingerprint density at radius 1 is 0.971 bits per heavy atom. The number of ether oxygens (including phenoxy) is 1. The molecule has 0 atom stereocenters. The van der Waals surface area contributed by atoms with E-state index in [1.54, 1.807) is 30.3 Å². The molecule has 0 fully saturated rings. The molecule has 0 radical (unpaired) electrons. The van der Waals surface area contributed by atoms with E-state index in [4.69, 9.17) is 9.84 Å². The van der Waals surface area contributed by atoms with Gasteiger partial charge < -0.3 is 15.2 Å². The molecular weight excluding hydrogens is 466 g/mol. The van der Waals surface area contributed by atoms with Gasteiger partial charge in [0.1, 0.15) is 17.3 Å². The first-order valence-corrected chi connectivity index (χ1v) is 10.8. The maximum absolute atomic E-state index is 14.0. The number of carbonyl (C=O) groups excluding carboxylic acids is 1. The molecule has 0 aliphatic heterocycles. The van der Waals surface area contributed by atoms with E-state index in [-0.39, 0.29) is 13.0 Å². The normalized spacial score (nSPS) is 11.2. The number of carboxylic acid groups (broad SMARTS) is 1. The lowest BCUT2D eigenvalue weighted by atomic mass is 10.0. The second-order valence-corrected chi connectivity index (χ2v) is 7.80. The lowest BCUT2D eigenvalue weighted by molar-refractivity contribution is -0.138. The number of halogens is 4. The summed E-state index contributed by atoms with van der Waals surface area (Å²) in [7, 11) is 0. The molecule has 0 saturated carbocycles.